The van der Waals surface area contributed by atoms with E-state index in [0.717, 1.165) is 19.3 Å². The summed E-state index contributed by atoms with van der Waals surface area (Å²) in [6, 6.07) is 0. The number of hydrogen-bond acceptors (Lipinski definition) is 4. The molecule has 0 bridgehead atoms. The lowest BCUT2D eigenvalue weighted by Crippen LogP contribution is -2.56. The molecule has 1 fully saturated rings. The molecule has 0 aromatic heterocycles. The maximum atomic E-state index is 11.5. The van der Waals surface area contributed by atoms with E-state index in [1.54, 1.807) is 0 Å². The molecule has 100 valence electrons. The van der Waals surface area contributed by atoms with Gasteiger partial charge in [0.15, 0.2) is 0 Å². The predicted molar refractivity (Wildman–Crippen MR) is 64.0 cm³/mol. The van der Waals surface area contributed by atoms with Crippen molar-refractivity contribution in [3.05, 3.63) is 0 Å². The highest BCUT2D eigenvalue weighted by Crippen LogP contribution is 2.27. The summed E-state index contributed by atoms with van der Waals surface area (Å²) in [6.45, 7) is 0.364. The largest absolute Gasteiger partial charge is 0.368 e. The first-order chi connectivity index (χ1) is 7.86. The van der Waals surface area contributed by atoms with E-state index in [4.69, 9.17) is 10.3 Å². The Hall–Kier alpha value is -0.660. The van der Waals surface area contributed by atoms with Crippen molar-refractivity contribution in [3.8, 4) is 0 Å². The molecule has 0 aromatic carbocycles. The zero-order valence-corrected chi connectivity index (χ0v) is 10.6. The Bertz CT molecular complexity index is 361. The van der Waals surface area contributed by atoms with Crippen LogP contribution in [0.1, 0.15) is 38.5 Å². The number of carbonyl (C=O) groups is 1. The maximum absolute atomic E-state index is 11.5. The van der Waals surface area contributed by atoms with Crippen molar-refractivity contribution in [3.63, 3.8) is 0 Å². The van der Waals surface area contributed by atoms with Crippen LogP contribution in [0.3, 0.4) is 0 Å². The molecule has 1 rings (SSSR count). The summed E-state index contributed by atoms with van der Waals surface area (Å²) in [5.41, 5.74) is 4.72. The molecule has 0 unspecified atom stereocenters. The SMILES string of the molecule is NC(=O)C1(NCCCS(=O)(=O)O)CCCCC1. The molecule has 0 saturated heterocycles. The van der Waals surface area contributed by atoms with Crippen molar-refractivity contribution < 1.29 is 17.8 Å². The number of carbonyl (C=O) groups excluding carboxylic acids is 1. The number of nitrogens with two attached hydrogens (primary N) is 1. The first-order valence-corrected chi connectivity index (χ1v) is 7.47. The van der Waals surface area contributed by atoms with Gasteiger partial charge in [0.05, 0.1) is 11.3 Å². The van der Waals surface area contributed by atoms with Gasteiger partial charge in [-0.25, -0.2) is 0 Å². The van der Waals surface area contributed by atoms with Crippen LogP contribution in [0.2, 0.25) is 0 Å². The average molecular weight is 264 g/mol. The smallest absolute Gasteiger partial charge is 0.264 e. The molecule has 0 heterocycles. The standard InChI is InChI=1S/C10H20N2O4S/c11-9(13)10(5-2-1-3-6-10)12-7-4-8-17(14,15)16/h12H,1-8H2,(H2,11,13)(H,14,15,16). The molecule has 0 aromatic rings. The Morgan fingerprint density at radius 3 is 2.35 bits per heavy atom. The van der Waals surface area contributed by atoms with Gasteiger partial charge in [0, 0.05) is 0 Å². The van der Waals surface area contributed by atoms with Crippen LogP contribution in [0.25, 0.3) is 0 Å². The van der Waals surface area contributed by atoms with Gasteiger partial charge in [0.1, 0.15) is 0 Å². The molecule has 1 saturated carbocycles. The van der Waals surface area contributed by atoms with E-state index >= 15 is 0 Å². The number of rotatable bonds is 6. The number of amides is 1. The quantitative estimate of drug-likeness (QED) is 0.463. The van der Waals surface area contributed by atoms with Gasteiger partial charge >= 0.3 is 0 Å². The molecular weight excluding hydrogens is 244 g/mol. The Morgan fingerprint density at radius 2 is 1.88 bits per heavy atom. The summed E-state index contributed by atoms with van der Waals surface area (Å²) >= 11 is 0. The third-order valence-electron chi connectivity index (χ3n) is 3.22. The monoisotopic (exact) mass is 264 g/mol. The molecule has 0 radical (unpaired) electrons. The summed E-state index contributed by atoms with van der Waals surface area (Å²) in [5, 5.41) is 3.06. The average Bonchev–Trinajstić information content (AvgIpc) is 2.24. The van der Waals surface area contributed by atoms with Gasteiger partial charge in [0.25, 0.3) is 10.1 Å². The van der Waals surface area contributed by atoms with Crippen molar-refractivity contribution in [1.82, 2.24) is 5.32 Å². The van der Waals surface area contributed by atoms with E-state index in [1.807, 2.05) is 0 Å². The molecule has 7 heteroatoms. The summed E-state index contributed by atoms with van der Waals surface area (Å²) in [5.74, 6) is -0.668. The molecule has 0 atom stereocenters. The Balaban J connectivity index is 2.43. The van der Waals surface area contributed by atoms with Gasteiger partial charge in [-0.15, -0.1) is 0 Å². The van der Waals surface area contributed by atoms with Crippen LogP contribution in [-0.4, -0.2) is 36.7 Å². The zero-order chi connectivity index (χ0) is 12.9. The predicted octanol–water partition coefficient (Wildman–Crippen LogP) is 0.0421. The fourth-order valence-corrected chi connectivity index (χ4v) is 2.76. The maximum Gasteiger partial charge on any atom is 0.264 e. The van der Waals surface area contributed by atoms with Crippen LogP contribution >= 0.6 is 0 Å². The van der Waals surface area contributed by atoms with E-state index in [2.05, 4.69) is 5.32 Å². The Kier molecular flexibility index (Phi) is 4.91. The number of nitrogens with one attached hydrogen (secondary N) is 1. The third-order valence-corrected chi connectivity index (χ3v) is 4.03. The topological polar surface area (TPSA) is 109 Å². The molecule has 1 aliphatic rings. The minimum atomic E-state index is -3.92. The number of primary amides is 1. The third kappa shape index (κ3) is 4.61. The number of hydrogen-bond donors (Lipinski definition) is 3. The van der Waals surface area contributed by atoms with Gasteiger partial charge in [-0.05, 0) is 25.8 Å². The molecular formula is C10H20N2O4S. The van der Waals surface area contributed by atoms with Gasteiger partial charge < -0.3 is 11.1 Å². The minimum Gasteiger partial charge on any atom is -0.368 e. The van der Waals surface area contributed by atoms with Crippen LogP contribution in [0.15, 0.2) is 0 Å². The van der Waals surface area contributed by atoms with Crippen LogP contribution in [0.4, 0.5) is 0 Å². The lowest BCUT2D eigenvalue weighted by Gasteiger charge is -2.35. The molecule has 17 heavy (non-hydrogen) atoms. The van der Waals surface area contributed by atoms with E-state index in [1.165, 1.54) is 0 Å². The minimum absolute atomic E-state index is 0.272. The molecule has 1 amide bonds. The fraction of sp³-hybridized carbons (Fsp3) is 0.900. The Labute approximate surface area is 102 Å². The van der Waals surface area contributed by atoms with Crippen LogP contribution in [-0.2, 0) is 14.9 Å². The van der Waals surface area contributed by atoms with Crippen LogP contribution < -0.4 is 11.1 Å². The molecule has 1 aliphatic carbocycles. The highest BCUT2D eigenvalue weighted by Gasteiger charge is 2.36. The fourth-order valence-electron chi connectivity index (χ4n) is 2.25. The van der Waals surface area contributed by atoms with E-state index in [9.17, 15) is 13.2 Å². The lowest BCUT2D eigenvalue weighted by molar-refractivity contribution is -0.125. The van der Waals surface area contributed by atoms with Gasteiger partial charge in [-0.1, -0.05) is 19.3 Å². The normalized spacial score (nSPS) is 20.1. The summed E-state index contributed by atoms with van der Waals surface area (Å²) in [7, 11) is -3.92. The van der Waals surface area contributed by atoms with Crippen molar-refractivity contribution in [2.45, 2.75) is 44.1 Å². The molecule has 6 nitrogen and oxygen atoms in total. The second-order valence-electron chi connectivity index (χ2n) is 4.57. The van der Waals surface area contributed by atoms with Crippen molar-refractivity contribution in [2.24, 2.45) is 5.73 Å². The van der Waals surface area contributed by atoms with E-state index in [-0.39, 0.29) is 18.1 Å². The van der Waals surface area contributed by atoms with E-state index in [0.29, 0.717) is 19.4 Å². The van der Waals surface area contributed by atoms with Gasteiger partial charge in [0.2, 0.25) is 5.91 Å². The van der Waals surface area contributed by atoms with Gasteiger partial charge in [-0.3, -0.25) is 9.35 Å². The van der Waals surface area contributed by atoms with E-state index < -0.39 is 15.7 Å². The summed E-state index contributed by atoms with van der Waals surface area (Å²) < 4.78 is 29.6. The van der Waals surface area contributed by atoms with Crippen molar-refractivity contribution in [1.29, 1.82) is 0 Å². The first-order valence-electron chi connectivity index (χ1n) is 5.86. The van der Waals surface area contributed by atoms with Crippen molar-refractivity contribution >= 4 is 16.0 Å². The molecule has 0 spiro atoms. The second kappa shape index (κ2) is 5.79. The highest BCUT2D eigenvalue weighted by atomic mass is 32.2. The summed E-state index contributed by atoms with van der Waals surface area (Å²) in [4.78, 5) is 11.5. The second-order valence-corrected chi connectivity index (χ2v) is 6.15. The first kappa shape index (κ1) is 14.4. The molecule has 4 N–H and O–H groups in total. The molecule has 0 aliphatic heterocycles. The zero-order valence-electron chi connectivity index (χ0n) is 9.81. The van der Waals surface area contributed by atoms with Crippen LogP contribution in [0, 0.1) is 0 Å². The summed E-state index contributed by atoms with van der Waals surface area (Å²) in [6.07, 6.45) is 4.68. The Morgan fingerprint density at radius 1 is 1.29 bits per heavy atom. The van der Waals surface area contributed by atoms with Gasteiger partial charge in [-0.2, -0.15) is 8.42 Å². The van der Waals surface area contributed by atoms with Crippen molar-refractivity contribution in [2.75, 3.05) is 12.3 Å². The lowest BCUT2D eigenvalue weighted by atomic mass is 9.81. The highest BCUT2D eigenvalue weighted by molar-refractivity contribution is 7.85. The van der Waals surface area contributed by atoms with Crippen LogP contribution in [0.5, 0.6) is 0 Å².